The molecule has 2 aromatic heterocycles. The number of aromatic nitrogens is 4. The van der Waals surface area contributed by atoms with Gasteiger partial charge in [-0.1, -0.05) is 0 Å². The van der Waals surface area contributed by atoms with Gasteiger partial charge in [0.2, 0.25) is 0 Å². The first kappa shape index (κ1) is 11.4. The number of hydrogen-bond acceptors (Lipinski definition) is 6. The average molecular weight is 252 g/mol. The van der Waals surface area contributed by atoms with Crippen molar-refractivity contribution in [3.63, 3.8) is 0 Å². The zero-order chi connectivity index (χ0) is 13.3. The van der Waals surface area contributed by atoms with Gasteiger partial charge in [0.25, 0.3) is 11.1 Å². The van der Waals surface area contributed by atoms with Crippen LogP contribution in [0.2, 0.25) is 0 Å². The van der Waals surface area contributed by atoms with Crippen molar-refractivity contribution in [3.8, 4) is 0 Å². The quantitative estimate of drug-likeness (QED) is 0.353. The molecule has 0 saturated heterocycles. The standard InChI is InChI=1S/C8H8N6O4/c9-3-4(12-8(18)14-6(3)16)11-2-1-10-7(17)13-5(2)15/h1H,9H2,(H2,10,13,15,17)(H3,11,12,14,16,18). The van der Waals surface area contributed by atoms with Crippen molar-refractivity contribution in [1.29, 1.82) is 0 Å². The molecule has 10 nitrogen and oxygen atoms in total. The molecule has 0 aliphatic heterocycles. The molecule has 94 valence electrons. The fourth-order valence-electron chi connectivity index (χ4n) is 1.23. The van der Waals surface area contributed by atoms with Crippen molar-refractivity contribution in [2.75, 3.05) is 11.1 Å². The lowest BCUT2D eigenvalue weighted by molar-refractivity contribution is 1.02. The van der Waals surface area contributed by atoms with Gasteiger partial charge in [0, 0.05) is 6.20 Å². The predicted molar refractivity (Wildman–Crippen MR) is 63.1 cm³/mol. The SMILES string of the molecule is Nc1c(Nc2c[nH]c(=O)[nH]c2=O)[nH]c(=O)[nH]c1=O. The van der Waals surface area contributed by atoms with E-state index in [1.807, 2.05) is 9.97 Å². The molecule has 0 spiro atoms. The number of nitrogen functional groups attached to an aromatic ring is 1. The van der Waals surface area contributed by atoms with E-state index in [0.29, 0.717) is 0 Å². The minimum absolute atomic E-state index is 0.0810. The van der Waals surface area contributed by atoms with Gasteiger partial charge < -0.3 is 16.0 Å². The first-order chi connectivity index (χ1) is 8.47. The second-order valence-electron chi connectivity index (χ2n) is 3.31. The van der Waals surface area contributed by atoms with E-state index in [4.69, 9.17) is 5.73 Å². The number of aromatic amines is 4. The number of nitrogens with two attached hydrogens (primary N) is 1. The fourth-order valence-corrected chi connectivity index (χ4v) is 1.23. The van der Waals surface area contributed by atoms with Crippen molar-refractivity contribution in [3.05, 3.63) is 47.9 Å². The van der Waals surface area contributed by atoms with Crippen molar-refractivity contribution in [2.45, 2.75) is 0 Å². The second-order valence-corrected chi connectivity index (χ2v) is 3.31. The molecule has 0 amide bonds. The molecule has 0 saturated carbocycles. The average Bonchev–Trinajstić information content (AvgIpc) is 2.29. The molecule has 0 aliphatic rings. The van der Waals surface area contributed by atoms with Gasteiger partial charge >= 0.3 is 11.4 Å². The Morgan fingerprint density at radius 3 is 2.28 bits per heavy atom. The van der Waals surface area contributed by atoms with Crippen LogP contribution >= 0.6 is 0 Å². The molecule has 2 heterocycles. The van der Waals surface area contributed by atoms with E-state index in [-0.39, 0.29) is 17.2 Å². The summed E-state index contributed by atoms with van der Waals surface area (Å²) in [4.78, 5) is 52.7. The predicted octanol–water partition coefficient (Wildman–Crippen LogP) is -2.23. The van der Waals surface area contributed by atoms with Gasteiger partial charge in [-0.2, -0.15) is 0 Å². The maximum Gasteiger partial charge on any atom is 0.327 e. The van der Waals surface area contributed by atoms with Gasteiger partial charge in [-0.25, -0.2) is 9.59 Å². The van der Waals surface area contributed by atoms with Gasteiger partial charge in [-0.05, 0) is 0 Å². The molecule has 2 aromatic rings. The molecule has 2 rings (SSSR count). The minimum atomic E-state index is -0.790. The number of hydrogen-bond donors (Lipinski definition) is 6. The van der Waals surface area contributed by atoms with Crippen molar-refractivity contribution in [2.24, 2.45) is 0 Å². The molecule has 18 heavy (non-hydrogen) atoms. The lowest BCUT2D eigenvalue weighted by atomic mass is 10.4. The maximum atomic E-state index is 11.4. The summed E-state index contributed by atoms with van der Waals surface area (Å²) in [6, 6.07) is 0. The first-order valence-electron chi connectivity index (χ1n) is 4.68. The third-order valence-electron chi connectivity index (χ3n) is 2.06. The molecule has 0 aromatic carbocycles. The summed E-state index contributed by atoms with van der Waals surface area (Å²) in [7, 11) is 0. The zero-order valence-corrected chi connectivity index (χ0v) is 8.79. The molecular formula is C8H8N6O4. The highest BCUT2D eigenvalue weighted by molar-refractivity contribution is 5.66. The minimum Gasteiger partial charge on any atom is -0.391 e. The Morgan fingerprint density at radius 1 is 0.944 bits per heavy atom. The summed E-state index contributed by atoms with van der Waals surface area (Å²) in [6.45, 7) is 0. The van der Waals surface area contributed by atoms with Crippen LogP contribution in [-0.4, -0.2) is 19.9 Å². The molecule has 0 unspecified atom stereocenters. The van der Waals surface area contributed by atoms with E-state index in [9.17, 15) is 19.2 Å². The Bertz CT molecular complexity index is 810. The van der Waals surface area contributed by atoms with Gasteiger partial charge in [0.1, 0.15) is 17.2 Å². The number of H-pyrrole nitrogens is 4. The third-order valence-corrected chi connectivity index (χ3v) is 2.06. The third kappa shape index (κ3) is 2.07. The second kappa shape index (κ2) is 4.08. The molecule has 0 bridgehead atoms. The Balaban J connectivity index is 2.53. The van der Waals surface area contributed by atoms with Crippen LogP contribution in [0.5, 0.6) is 0 Å². The Labute approximate surface area is 96.9 Å². The summed E-state index contributed by atoms with van der Waals surface area (Å²) < 4.78 is 0. The molecule has 0 atom stereocenters. The van der Waals surface area contributed by atoms with Crippen LogP contribution in [0.25, 0.3) is 0 Å². The van der Waals surface area contributed by atoms with Gasteiger partial charge in [-0.15, -0.1) is 0 Å². The normalized spacial score (nSPS) is 10.2. The highest BCUT2D eigenvalue weighted by Crippen LogP contribution is 2.10. The molecule has 7 N–H and O–H groups in total. The highest BCUT2D eigenvalue weighted by Gasteiger charge is 2.07. The molecule has 10 heteroatoms. The monoisotopic (exact) mass is 252 g/mol. The number of nitrogens with one attached hydrogen (secondary N) is 5. The summed E-state index contributed by atoms with van der Waals surface area (Å²) in [5.41, 5.74) is 2.07. The summed E-state index contributed by atoms with van der Waals surface area (Å²) in [5.74, 6) is -0.138. The lowest BCUT2D eigenvalue weighted by Gasteiger charge is -2.06. The van der Waals surface area contributed by atoms with E-state index in [2.05, 4.69) is 15.3 Å². The number of rotatable bonds is 2. The summed E-state index contributed by atoms with van der Waals surface area (Å²) >= 11 is 0. The van der Waals surface area contributed by atoms with Crippen LogP contribution in [0, 0.1) is 0 Å². The van der Waals surface area contributed by atoms with Crippen LogP contribution in [0.4, 0.5) is 17.2 Å². The lowest BCUT2D eigenvalue weighted by Crippen LogP contribution is -2.28. The van der Waals surface area contributed by atoms with Crippen molar-refractivity contribution in [1.82, 2.24) is 19.9 Å². The number of anilines is 3. The summed E-state index contributed by atoms with van der Waals surface area (Å²) in [5, 5.41) is 2.43. The summed E-state index contributed by atoms with van der Waals surface area (Å²) in [6.07, 6.45) is 1.08. The van der Waals surface area contributed by atoms with E-state index < -0.39 is 22.5 Å². The smallest absolute Gasteiger partial charge is 0.327 e. The van der Waals surface area contributed by atoms with Gasteiger partial charge in [0.05, 0.1) is 0 Å². The molecule has 0 fully saturated rings. The van der Waals surface area contributed by atoms with Crippen LogP contribution < -0.4 is 33.5 Å². The molecular weight excluding hydrogens is 244 g/mol. The van der Waals surface area contributed by atoms with E-state index in [1.54, 1.807) is 0 Å². The topological polar surface area (TPSA) is 169 Å². The largest absolute Gasteiger partial charge is 0.391 e. The Morgan fingerprint density at radius 2 is 1.61 bits per heavy atom. The van der Waals surface area contributed by atoms with E-state index in [1.165, 1.54) is 0 Å². The Hall–Kier alpha value is -3.04. The van der Waals surface area contributed by atoms with Gasteiger partial charge in [-0.3, -0.25) is 24.5 Å². The van der Waals surface area contributed by atoms with E-state index >= 15 is 0 Å². The van der Waals surface area contributed by atoms with Crippen molar-refractivity contribution >= 4 is 17.2 Å². The highest BCUT2D eigenvalue weighted by atomic mass is 16.2. The molecule has 0 radical (unpaired) electrons. The Kier molecular flexibility index (Phi) is 2.60. The van der Waals surface area contributed by atoms with Crippen LogP contribution in [0.3, 0.4) is 0 Å². The fraction of sp³-hybridized carbons (Fsp3) is 0. The van der Waals surface area contributed by atoms with E-state index in [0.717, 1.165) is 6.20 Å². The van der Waals surface area contributed by atoms with Gasteiger partial charge in [0.15, 0.2) is 0 Å². The van der Waals surface area contributed by atoms with Crippen molar-refractivity contribution < 1.29 is 0 Å². The van der Waals surface area contributed by atoms with Crippen LogP contribution in [0.1, 0.15) is 0 Å². The maximum absolute atomic E-state index is 11.4. The van der Waals surface area contributed by atoms with Crippen LogP contribution in [-0.2, 0) is 0 Å². The zero-order valence-electron chi connectivity index (χ0n) is 8.79. The first-order valence-corrected chi connectivity index (χ1v) is 4.68. The van der Waals surface area contributed by atoms with Crippen LogP contribution in [0.15, 0.2) is 25.4 Å². The molecule has 0 aliphatic carbocycles.